The number of carbonyl (C=O) groups is 2. The van der Waals surface area contributed by atoms with Crippen molar-refractivity contribution in [3.8, 4) is 11.5 Å². The van der Waals surface area contributed by atoms with Crippen LogP contribution in [0.5, 0.6) is 11.5 Å². The molecule has 0 spiro atoms. The summed E-state index contributed by atoms with van der Waals surface area (Å²) in [7, 11) is 0. The third kappa shape index (κ3) is 7.02. The molecular formula is C22H27NO5S. The Balaban J connectivity index is 1.97. The largest absolute Gasteiger partial charge is 0.490 e. The second-order valence-electron chi connectivity index (χ2n) is 6.12. The number of thioether (sulfide) groups is 1. The maximum atomic E-state index is 12.4. The number of unbranched alkanes of at least 4 members (excludes halogenated alkanes) is 1. The summed E-state index contributed by atoms with van der Waals surface area (Å²) >= 11 is 1.52. The van der Waals surface area contributed by atoms with Gasteiger partial charge in [0.25, 0.3) is 5.91 Å². The number of ether oxygens (including phenoxy) is 3. The molecule has 0 radical (unpaired) electrons. The smallest absolute Gasteiger partial charge is 0.338 e. The average molecular weight is 418 g/mol. The molecule has 0 aliphatic carbocycles. The zero-order chi connectivity index (χ0) is 21.1. The van der Waals surface area contributed by atoms with E-state index in [1.165, 1.54) is 11.8 Å². The molecule has 6 nitrogen and oxygen atoms in total. The van der Waals surface area contributed by atoms with Crippen molar-refractivity contribution < 1.29 is 23.8 Å². The van der Waals surface area contributed by atoms with Gasteiger partial charge in [0.1, 0.15) is 0 Å². The SMILES string of the molecule is CCCCOc1ccc(C(=O)OCC(=O)Nc2ccccc2SC)cc1OCC. The first-order valence-electron chi connectivity index (χ1n) is 9.58. The molecule has 1 amide bonds. The maximum absolute atomic E-state index is 12.4. The van der Waals surface area contributed by atoms with E-state index in [-0.39, 0.29) is 6.61 Å². The molecule has 2 aromatic carbocycles. The van der Waals surface area contributed by atoms with Crippen LogP contribution in [0.15, 0.2) is 47.4 Å². The lowest BCUT2D eigenvalue weighted by Gasteiger charge is -2.13. The number of hydrogen-bond donors (Lipinski definition) is 1. The normalized spacial score (nSPS) is 10.3. The van der Waals surface area contributed by atoms with Crippen molar-refractivity contribution in [1.29, 1.82) is 0 Å². The summed E-state index contributed by atoms with van der Waals surface area (Å²) in [5, 5.41) is 2.76. The van der Waals surface area contributed by atoms with Gasteiger partial charge in [-0.15, -0.1) is 11.8 Å². The predicted molar refractivity (Wildman–Crippen MR) is 115 cm³/mol. The molecule has 0 aromatic heterocycles. The fourth-order valence-corrected chi connectivity index (χ4v) is 3.05. The van der Waals surface area contributed by atoms with Gasteiger partial charge in [-0.25, -0.2) is 4.79 Å². The van der Waals surface area contributed by atoms with E-state index in [0.29, 0.717) is 36.0 Å². The van der Waals surface area contributed by atoms with Crippen LogP contribution < -0.4 is 14.8 Å². The molecular weight excluding hydrogens is 390 g/mol. The Morgan fingerprint density at radius 2 is 1.83 bits per heavy atom. The fraction of sp³-hybridized carbons (Fsp3) is 0.364. The van der Waals surface area contributed by atoms with Crippen molar-refractivity contribution in [3.05, 3.63) is 48.0 Å². The third-order valence-corrected chi connectivity index (χ3v) is 4.75. The first-order chi connectivity index (χ1) is 14.1. The number of nitrogens with one attached hydrogen (secondary N) is 1. The van der Waals surface area contributed by atoms with Gasteiger partial charge in [0.05, 0.1) is 24.5 Å². The molecule has 0 saturated heterocycles. The van der Waals surface area contributed by atoms with Crippen LogP contribution in [0.3, 0.4) is 0 Å². The number of esters is 1. The molecule has 2 rings (SSSR count). The molecule has 1 N–H and O–H groups in total. The van der Waals surface area contributed by atoms with Crippen LogP contribution in [-0.2, 0) is 9.53 Å². The second-order valence-corrected chi connectivity index (χ2v) is 6.97. The van der Waals surface area contributed by atoms with E-state index in [1.807, 2.05) is 31.4 Å². The van der Waals surface area contributed by atoms with Gasteiger partial charge in [0.2, 0.25) is 0 Å². The summed E-state index contributed by atoms with van der Waals surface area (Å²) < 4.78 is 16.4. The van der Waals surface area contributed by atoms with E-state index >= 15 is 0 Å². The first kappa shape index (κ1) is 22.6. The van der Waals surface area contributed by atoms with Crippen LogP contribution in [0.2, 0.25) is 0 Å². The number of amides is 1. The number of rotatable bonds is 11. The van der Waals surface area contributed by atoms with E-state index in [9.17, 15) is 9.59 Å². The minimum absolute atomic E-state index is 0.300. The number of anilines is 1. The van der Waals surface area contributed by atoms with E-state index in [4.69, 9.17) is 14.2 Å². The zero-order valence-corrected chi connectivity index (χ0v) is 17.8. The number of para-hydroxylation sites is 1. The molecule has 0 aliphatic heterocycles. The van der Waals surface area contributed by atoms with Gasteiger partial charge in [0, 0.05) is 4.90 Å². The molecule has 7 heteroatoms. The minimum Gasteiger partial charge on any atom is -0.490 e. The molecule has 0 atom stereocenters. The molecule has 29 heavy (non-hydrogen) atoms. The monoisotopic (exact) mass is 417 g/mol. The van der Waals surface area contributed by atoms with E-state index < -0.39 is 11.9 Å². The lowest BCUT2D eigenvalue weighted by atomic mass is 10.2. The maximum Gasteiger partial charge on any atom is 0.338 e. The van der Waals surface area contributed by atoms with E-state index in [2.05, 4.69) is 12.2 Å². The fourth-order valence-electron chi connectivity index (χ4n) is 2.50. The molecule has 156 valence electrons. The Morgan fingerprint density at radius 3 is 2.55 bits per heavy atom. The van der Waals surface area contributed by atoms with Crippen molar-refractivity contribution >= 4 is 29.3 Å². The Bertz CT molecular complexity index is 825. The quantitative estimate of drug-likeness (QED) is 0.322. The summed E-state index contributed by atoms with van der Waals surface area (Å²) in [6, 6.07) is 12.3. The minimum atomic E-state index is -0.598. The molecule has 0 saturated carbocycles. The highest BCUT2D eigenvalue weighted by Gasteiger charge is 2.15. The van der Waals surface area contributed by atoms with Gasteiger partial charge < -0.3 is 19.5 Å². The lowest BCUT2D eigenvalue weighted by molar-refractivity contribution is -0.119. The zero-order valence-electron chi connectivity index (χ0n) is 17.0. The van der Waals surface area contributed by atoms with Crippen molar-refractivity contribution in [2.24, 2.45) is 0 Å². The van der Waals surface area contributed by atoms with E-state index in [1.54, 1.807) is 24.3 Å². The van der Waals surface area contributed by atoms with Crippen LogP contribution in [0.4, 0.5) is 5.69 Å². The Hall–Kier alpha value is -2.67. The summed E-state index contributed by atoms with van der Waals surface area (Å²) in [5.74, 6) is 0.0726. The van der Waals surface area contributed by atoms with Gasteiger partial charge in [-0.05, 0) is 49.9 Å². The molecule has 0 fully saturated rings. The van der Waals surface area contributed by atoms with Crippen LogP contribution in [-0.4, -0.2) is 38.0 Å². The highest BCUT2D eigenvalue weighted by Crippen LogP contribution is 2.29. The van der Waals surface area contributed by atoms with E-state index in [0.717, 1.165) is 17.7 Å². The van der Waals surface area contributed by atoms with Gasteiger partial charge in [-0.1, -0.05) is 25.5 Å². The standard InChI is InChI=1S/C22H27NO5S/c1-4-6-13-27-18-12-11-16(14-19(18)26-5-2)22(25)28-15-21(24)23-17-9-7-8-10-20(17)29-3/h7-12,14H,4-6,13,15H2,1-3H3,(H,23,24). The second kappa shape index (κ2) is 12.0. The number of hydrogen-bond acceptors (Lipinski definition) is 6. The van der Waals surface area contributed by atoms with Crippen LogP contribution in [0, 0.1) is 0 Å². The summed E-state index contributed by atoms with van der Waals surface area (Å²) in [6.07, 6.45) is 3.89. The Labute approximate surface area is 175 Å². The third-order valence-electron chi connectivity index (χ3n) is 3.95. The lowest BCUT2D eigenvalue weighted by Crippen LogP contribution is -2.21. The Morgan fingerprint density at radius 1 is 1.03 bits per heavy atom. The molecule has 0 bridgehead atoms. The highest BCUT2D eigenvalue weighted by molar-refractivity contribution is 7.98. The average Bonchev–Trinajstić information content (AvgIpc) is 2.73. The summed E-state index contributed by atoms with van der Waals surface area (Å²) in [5.41, 5.74) is 0.988. The van der Waals surface area contributed by atoms with Crippen LogP contribution in [0.25, 0.3) is 0 Å². The van der Waals surface area contributed by atoms with Gasteiger partial charge in [-0.2, -0.15) is 0 Å². The predicted octanol–water partition coefficient (Wildman–Crippen LogP) is 4.78. The molecule has 0 heterocycles. The summed E-state index contributed by atoms with van der Waals surface area (Å²) in [4.78, 5) is 25.4. The van der Waals surface area contributed by atoms with Crippen molar-refractivity contribution in [3.63, 3.8) is 0 Å². The van der Waals surface area contributed by atoms with Gasteiger partial charge >= 0.3 is 5.97 Å². The van der Waals surface area contributed by atoms with Gasteiger partial charge in [-0.3, -0.25) is 4.79 Å². The number of carbonyl (C=O) groups excluding carboxylic acids is 2. The Kier molecular flexibility index (Phi) is 9.37. The summed E-state index contributed by atoms with van der Waals surface area (Å²) in [6.45, 7) is 4.59. The molecule has 0 aliphatic rings. The van der Waals surface area contributed by atoms with Crippen molar-refractivity contribution in [2.45, 2.75) is 31.6 Å². The van der Waals surface area contributed by atoms with Crippen molar-refractivity contribution in [2.75, 3.05) is 31.4 Å². The first-order valence-corrected chi connectivity index (χ1v) is 10.8. The topological polar surface area (TPSA) is 73.9 Å². The highest BCUT2D eigenvalue weighted by atomic mass is 32.2. The molecule has 2 aromatic rings. The van der Waals surface area contributed by atoms with Gasteiger partial charge in [0.15, 0.2) is 18.1 Å². The van der Waals surface area contributed by atoms with Crippen LogP contribution in [0.1, 0.15) is 37.0 Å². The van der Waals surface area contributed by atoms with Crippen molar-refractivity contribution in [1.82, 2.24) is 0 Å². The number of benzene rings is 2. The molecule has 0 unspecified atom stereocenters. The van der Waals surface area contributed by atoms with Crippen LogP contribution >= 0.6 is 11.8 Å².